The van der Waals surface area contributed by atoms with E-state index >= 15 is 0 Å². The highest BCUT2D eigenvalue weighted by atomic mass is 32.2. The number of hydrogen-bond acceptors (Lipinski definition) is 4. The number of benzene rings is 1. The number of aliphatic hydroxyl groups is 1. The van der Waals surface area contributed by atoms with Crippen LogP contribution in [0.1, 0.15) is 32.7 Å². The van der Waals surface area contributed by atoms with Gasteiger partial charge in [-0.15, -0.1) is 0 Å². The van der Waals surface area contributed by atoms with Gasteiger partial charge in [0.05, 0.1) is 11.0 Å². The van der Waals surface area contributed by atoms with E-state index in [4.69, 9.17) is 5.73 Å². The van der Waals surface area contributed by atoms with E-state index in [-0.39, 0.29) is 4.75 Å². The number of fused-ring (bicyclic) bond motifs is 1. The van der Waals surface area contributed by atoms with Gasteiger partial charge >= 0.3 is 0 Å². The highest BCUT2D eigenvalue weighted by molar-refractivity contribution is 7.99. The lowest BCUT2D eigenvalue weighted by molar-refractivity contribution is 0.183. The lowest BCUT2D eigenvalue weighted by atomic mass is 10.2. The van der Waals surface area contributed by atoms with E-state index < -0.39 is 6.10 Å². The monoisotopic (exact) mass is 279 g/mol. The van der Waals surface area contributed by atoms with Gasteiger partial charge in [0.2, 0.25) is 0 Å². The molecule has 2 rings (SSSR count). The minimum Gasteiger partial charge on any atom is -0.399 e. The first kappa shape index (κ1) is 14.2. The number of hydrogen-bond donors (Lipinski definition) is 2. The van der Waals surface area contributed by atoms with Crippen LogP contribution < -0.4 is 5.73 Å². The van der Waals surface area contributed by atoms with Crippen LogP contribution in [0.15, 0.2) is 18.2 Å². The van der Waals surface area contributed by atoms with Gasteiger partial charge in [0.25, 0.3) is 0 Å². The van der Waals surface area contributed by atoms with Crippen LogP contribution in [-0.2, 0) is 6.54 Å². The number of nitrogens with zero attached hydrogens (tertiary/aromatic N) is 2. The second-order valence-electron chi connectivity index (χ2n) is 5.44. The highest BCUT2D eigenvalue weighted by Crippen LogP contribution is 2.29. The van der Waals surface area contributed by atoms with Crippen molar-refractivity contribution in [1.29, 1.82) is 0 Å². The molecule has 0 spiro atoms. The summed E-state index contributed by atoms with van der Waals surface area (Å²) in [5.41, 5.74) is 8.35. The number of aliphatic hydroxyl groups excluding tert-OH is 1. The van der Waals surface area contributed by atoms with Crippen molar-refractivity contribution in [2.45, 2.75) is 38.2 Å². The van der Waals surface area contributed by atoms with Crippen LogP contribution >= 0.6 is 11.8 Å². The van der Waals surface area contributed by atoms with Gasteiger partial charge in [0.15, 0.2) is 0 Å². The van der Waals surface area contributed by atoms with E-state index in [1.54, 1.807) is 18.7 Å². The molecule has 2 aromatic rings. The van der Waals surface area contributed by atoms with Crippen LogP contribution in [0.25, 0.3) is 11.0 Å². The summed E-state index contributed by atoms with van der Waals surface area (Å²) in [6.07, 6.45) is 1.50. The Labute approximate surface area is 118 Å². The molecule has 0 aliphatic heterocycles. The topological polar surface area (TPSA) is 64.1 Å². The largest absolute Gasteiger partial charge is 0.399 e. The fourth-order valence-corrected chi connectivity index (χ4v) is 2.35. The average Bonchev–Trinajstić information content (AvgIpc) is 2.67. The van der Waals surface area contributed by atoms with E-state index in [0.29, 0.717) is 11.5 Å². The summed E-state index contributed by atoms with van der Waals surface area (Å²) >= 11 is 1.80. The molecule has 19 heavy (non-hydrogen) atoms. The number of rotatable bonds is 4. The standard InChI is InChI=1S/C14H21N3OS/c1-9(18)13-16-11-7-10(15)5-6-12(11)17(13)8-14(2,3)19-4/h5-7,9,18H,8,15H2,1-4H3. The Morgan fingerprint density at radius 1 is 1.47 bits per heavy atom. The molecule has 1 aromatic heterocycles. The lowest BCUT2D eigenvalue weighted by Gasteiger charge is -2.24. The third kappa shape index (κ3) is 2.87. The zero-order chi connectivity index (χ0) is 14.2. The maximum absolute atomic E-state index is 9.92. The van der Waals surface area contributed by atoms with Gasteiger partial charge in [-0.2, -0.15) is 11.8 Å². The number of nitrogen functional groups attached to an aromatic ring is 1. The Morgan fingerprint density at radius 2 is 2.16 bits per heavy atom. The van der Waals surface area contributed by atoms with Crippen LogP contribution in [-0.4, -0.2) is 25.7 Å². The molecule has 0 bridgehead atoms. The number of aromatic nitrogens is 2. The van der Waals surface area contributed by atoms with Gasteiger partial charge in [-0.05, 0) is 45.2 Å². The molecule has 0 radical (unpaired) electrons. The molecule has 0 aliphatic rings. The predicted molar refractivity (Wildman–Crippen MR) is 82.4 cm³/mol. The number of thioether (sulfide) groups is 1. The van der Waals surface area contributed by atoms with Gasteiger partial charge in [0, 0.05) is 17.0 Å². The second-order valence-corrected chi connectivity index (χ2v) is 6.96. The molecule has 1 aromatic carbocycles. The first-order valence-corrected chi connectivity index (χ1v) is 7.55. The van der Waals surface area contributed by atoms with E-state index in [1.807, 2.05) is 18.2 Å². The molecule has 4 nitrogen and oxygen atoms in total. The molecule has 5 heteroatoms. The fourth-order valence-electron chi connectivity index (χ4n) is 2.10. The maximum atomic E-state index is 9.92. The Kier molecular flexibility index (Phi) is 3.78. The average molecular weight is 279 g/mol. The third-order valence-corrected chi connectivity index (χ3v) is 4.50. The van der Waals surface area contributed by atoms with E-state index in [2.05, 4.69) is 29.7 Å². The second kappa shape index (κ2) is 5.06. The summed E-state index contributed by atoms with van der Waals surface area (Å²) in [7, 11) is 0. The molecule has 1 unspecified atom stereocenters. The minimum absolute atomic E-state index is 0.0820. The molecule has 0 amide bonds. The molecule has 104 valence electrons. The summed E-state index contributed by atoms with van der Waals surface area (Å²) in [6.45, 7) is 6.92. The lowest BCUT2D eigenvalue weighted by Crippen LogP contribution is -2.24. The number of nitrogens with two attached hydrogens (primary N) is 1. The van der Waals surface area contributed by atoms with Crippen molar-refractivity contribution in [3.05, 3.63) is 24.0 Å². The van der Waals surface area contributed by atoms with Crippen molar-refractivity contribution in [3.63, 3.8) is 0 Å². The summed E-state index contributed by atoms with van der Waals surface area (Å²) in [5.74, 6) is 0.697. The summed E-state index contributed by atoms with van der Waals surface area (Å²) in [5, 5.41) is 9.92. The van der Waals surface area contributed by atoms with Gasteiger partial charge in [-0.25, -0.2) is 4.98 Å². The van der Waals surface area contributed by atoms with Crippen LogP contribution in [0.3, 0.4) is 0 Å². The molecule has 0 fully saturated rings. The normalized spacial score (nSPS) is 13.9. The van der Waals surface area contributed by atoms with Crippen LogP contribution in [0, 0.1) is 0 Å². The Balaban J connectivity index is 2.59. The molecule has 0 saturated carbocycles. The van der Waals surface area contributed by atoms with E-state index in [0.717, 1.165) is 17.6 Å². The van der Waals surface area contributed by atoms with Gasteiger partial charge in [0.1, 0.15) is 11.9 Å². The molecule has 0 aliphatic carbocycles. The first-order chi connectivity index (χ1) is 8.84. The van der Waals surface area contributed by atoms with Crippen molar-refractivity contribution >= 4 is 28.5 Å². The molecule has 1 heterocycles. The SMILES string of the molecule is CSC(C)(C)Cn1c(C(C)O)nc2cc(N)ccc21. The Bertz CT molecular complexity index is 590. The zero-order valence-corrected chi connectivity index (χ0v) is 12.7. The van der Waals surface area contributed by atoms with Crippen molar-refractivity contribution in [1.82, 2.24) is 9.55 Å². The minimum atomic E-state index is -0.591. The molecular weight excluding hydrogens is 258 g/mol. The van der Waals surface area contributed by atoms with E-state index in [1.165, 1.54) is 0 Å². The van der Waals surface area contributed by atoms with Crippen molar-refractivity contribution in [2.24, 2.45) is 0 Å². The first-order valence-electron chi connectivity index (χ1n) is 6.33. The molecule has 3 N–H and O–H groups in total. The maximum Gasteiger partial charge on any atom is 0.138 e. The predicted octanol–water partition coefficient (Wildman–Crippen LogP) is 2.81. The van der Waals surface area contributed by atoms with E-state index in [9.17, 15) is 5.11 Å². The number of anilines is 1. The summed E-state index contributed by atoms with van der Waals surface area (Å²) in [6, 6.07) is 5.70. The Morgan fingerprint density at radius 3 is 2.74 bits per heavy atom. The summed E-state index contributed by atoms with van der Waals surface area (Å²) < 4.78 is 2.18. The third-order valence-electron chi connectivity index (χ3n) is 3.27. The fraction of sp³-hybridized carbons (Fsp3) is 0.500. The molecule has 1 atom stereocenters. The van der Waals surface area contributed by atoms with Gasteiger partial charge < -0.3 is 15.4 Å². The van der Waals surface area contributed by atoms with Crippen LogP contribution in [0.4, 0.5) is 5.69 Å². The van der Waals surface area contributed by atoms with Crippen molar-refractivity contribution in [2.75, 3.05) is 12.0 Å². The summed E-state index contributed by atoms with van der Waals surface area (Å²) in [4.78, 5) is 4.52. The Hall–Kier alpha value is -1.20. The highest BCUT2D eigenvalue weighted by Gasteiger charge is 2.22. The number of imidazole rings is 1. The van der Waals surface area contributed by atoms with Crippen LogP contribution in [0.2, 0.25) is 0 Å². The quantitative estimate of drug-likeness (QED) is 0.845. The van der Waals surface area contributed by atoms with Crippen molar-refractivity contribution in [3.8, 4) is 0 Å². The smallest absolute Gasteiger partial charge is 0.138 e. The molecule has 0 saturated heterocycles. The van der Waals surface area contributed by atoms with Gasteiger partial charge in [-0.1, -0.05) is 0 Å². The van der Waals surface area contributed by atoms with Gasteiger partial charge in [-0.3, -0.25) is 0 Å². The van der Waals surface area contributed by atoms with Crippen LogP contribution in [0.5, 0.6) is 0 Å². The zero-order valence-electron chi connectivity index (χ0n) is 11.8. The molecular formula is C14H21N3OS. The van der Waals surface area contributed by atoms with Crippen molar-refractivity contribution < 1.29 is 5.11 Å².